The zero-order chi connectivity index (χ0) is 18.8. The molecular weight excluding hydrogens is 351 g/mol. The Morgan fingerprint density at radius 2 is 1.50 bits per heavy atom. The lowest BCUT2D eigenvalue weighted by molar-refractivity contribution is -0.344. The molecule has 0 aromatic carbocycles. The van der Waals surface area contributed by atoms with Gasteiger partial charge in [-0.05, 0) is 31.6 Å². The third-order valence-electron chi connectivity index (χ3n) is 3.97. The first-order valence-electron chi connectivity index (χ1n) is 7.03. The molecule has 24 heavy (non-hydrogen) atoms. The molecule has 140 valence electrons. The number of carbonyl (C=O) groups is 2. The lowest BCUT2D eigenvalue weighted by atomic mass is 9.82. The smallest absolute Gasteiger partial charge is 0.460 e. The number of nitrogens with one attached hydrogen (secondary N) is 1. The molecule has 0 spiro atoms. The highest BCUT2D eigenvalue weighted by Crippen LogP contribution is 2.46. The first-order valence-corrected chi connectivity index (χ1v) is 7.03. The van der Waals surface area contributed by atoms with E-state index >= 15 is 0 Å². The predicted molar refractivity (Wildman–Crippen MR) is 66.4 cm³/mol. The van der Waals surface area contributed by atoms with Crippen LogP contribution in [0.25, 0.3) is 0 Å². The van der Waals surface area contributed by atoms with Crippen molar-refractivity contribution < 1.29 is 45.1 Å². The maximum absolute atomic E-state index is 13.1. The molecule has 0 heterocycles. The van der Waals surface area contributed by atoms with Crippen molar-refractivity contribution >= 4 is 11.9 Å². The molecule has 4 nitrogen and oxygen atoms in total. The fourth-order valence-electron chi connectivity index (χ4n) is 2.44. The first-order chi connectivity index (χ1) is 10.8. The van der Waals surface area contributed by atoms with Gasteiger partial charge in [-0.3, -0.25) is 9.59 Å². The van der Waals surface area contributed by atoms with E-state index in [9.17, 15) is 40.3 Å². The SMILES string of the molecule is COC(=O)C1CCC(CNC(=O)C(F)(F)C(F)(F)C(F)(F)F)CC1. The van der Waals surface area contributed by atoms with Crippen molar-refractivity contribution in [2.45, 2.75) is 43.7 Å². The average molecular weight is 367 g/mol. The number of amides is 1. The molecule has 0 atom stereocenters. The predicted octanol–water partition coefficient (Wildman–Crippen LogP) is 2.91. The third-order valence-corrected chi connectivity index (χ3v) is 3.97. The molecule has 1 rings (SSSR count). The number of hydrogen-bond acceptors (Lipinski definition) is 3. The average Bonchev–Trinajstić information content (AvgIpc) is 2.50. The molecule has 1 aliphatic carbocycles. The highest BCUT2D eigenvalue weighted by molar-refractivity contribution is 5.84. The van der Waals surface area contributed by atoms with Crippen LogP contribution < -0.4 is 5.32 Å². The van der Waals surface area contributed by atoms with Gasteiger partial charge in [-0.15, -0.1) is 0 Å². The minimum atomic E-state index is -6.55. The van der Waals surface area contributed by atoms with E-state index < -0.39 is 42.4 Å². The van der Waals surface area contributed by atoms with Crippen molar-refractivity contribution in [1.82, 2.24) is 5.32 Å². The molecule has 0 bridgehead atoms. The number of methoxy groups -OCH3 is 1. The zero-order valence-corrected chi connectivity index (χ0v) is 12.6. The number of hydrogen-bond donors (Lipinski definition) is 1. The molecule has 0 aromatic heterocycles. The summed E-state index contributed by atoms with van der Waals surface area (Å²) in [4.78, 5) is 22.4. The Hall–Kier alpha value is -1.55. The van der Waals surface area contributed by atoms with Crippen LogP contribution >= 0.6 is 0 Å². The van der Waals surface area contributed by atoms with Crippen molar-refractivity contribution in [2.24, 2.45) is 11.8 Å². The van der Waals surface area contributed by atoms with Gasteiger partial charge in [-0.25, -0.2) is 0 Å². The largest absolute Gasteiger partial charge is 0.469 e. The van der Waals surface area contributed by atoms with E-state index in [2.05, 4.69) is 4.74 Å². The van der Waals surface area contributed by atoms with Crippen molar-refractivity contribution in [3.8, 4) is 0 Å². The van der Waals surface area contributed by atoms with E-state index in [1.54, 1.807) is 0 Å². The van der Waals surface area contributed by atoms with Gasteiger partial charge in [0.1, 0.15) is 0 Å². The normalized spacial score (nSPS) is 22.8. The van der Waals surface area contributed by atoms with Crippen LogP contribution in [0.4, 0.5) is 30.7 Å². The van der Waals surface area contributed by atoms with Crippen LogP contribution in [0.2, 0.25) is 0 Å². The summed E-state index contributed by atoms with van der Waals surface area (Å²) in [6.07, 6.45) is -5.21. The standard InChI is InChI=1S/C13H16F7NO3/c1-24-9(22)8-4-2-7(3-5-8)6-21-10(23)11(14,15)12(16,17)13(18,19)20/h7-8H,2-6H2,1H3,(H,21,23). The third kappa shape index (κ3) is 4.10. The van der Waals surface area contributed by atoms with Gasteiger partial charge in [0.2, 0.25) is 0 Å². The van der Waals surface area contributed by atoms with Gasteiger partial charge in [-0.1, -0.05) is 0 Å². The number of halogens is 7. The monoisotopic (exact) mass is 367 g/mol. The summed E-state index contributed by atoms with van der Waals surface area (Å²) in [6, 6.07) is 0. The molecule has 1 saturated carbocycles. The highest BCUT2D eigenvalue weighted by Gasteiger charge is 2.76. The Morgan fingerprint density at radius 1 is 1.00 bits per heavy atom. The Balaban J connectivity index is 2.57. The van der Waals surface area contributed by atoms with Crippen molar-refractivity contribution in [1.29, 1.82) is 0 Å². The van der Waals surface area contributed by atoms with Crippen LogP contribution in [-0.4, -0.2) is 43.6 Å². The molecule has 0 aliphatic heterocycles. The molecule has 1 aliphatic rings. The van der Waals surface area contributed by atoms with Crippen molar-refractivity contribution in [2.75, 3.05) is 13.7 Å². The summed E-state index contributed by atoms with van der Waals surface area (Å²) in [5.41, 5.74) is 0. The Bertz CT molecular complexity index is 471. The first kappa shape index (κ1) is 20.5. The van der Waals surface area contributed by atoms with E-state index in [4.69, 9.17) is 0 Å². The number of carbonyl (C=O) groups excluding carboxylic acids is 2. The van der Waals surface area contributed by atoms with E-state index in [-0.39, 0.29) is 5.92 Å². The molecule has 1 fully saturated rings. The maximum atomic E-state index is 13.1. The molecule has 0 saturated heterocycles. The van der Waals surface area contributed by atoms with E-state index in [1.165, 1.54) is 12.4 Å². The van der Waals surface area contributed by atoms with Gasteiger partial charge < -0.3 is 10.1 Å². The number of rotatable bonds is 5. The fourth-order valence-corrected chi connectivity index (χ4v) is 2.44. The summed E-state index contributed by atoms with van der Waals surface area (Å²) in [7, 11) is 1.21. The second-order valence-electron chi connectivity index (χ2n) is 5.60. The quantitative estimate of drug-likeness (QED) is 0.601. The summed E-state index contributed by atoms with van der Waals surface area (Å²) in [6.45, 7) is -0.476. The Morgan fingerprint density at radius 3 is 1.92 bits per heavy atom. The molecular formula is C13H16F7NO3. The van der Waals surface area contributed by atoms with Crippen LogP contribution in [0, 0.1) is 11.8 Å². The lowest BCUT2D eigenvalue weighted by Gasteiger charge is -2.29. The molecule has 0 unspecified atom stereocenters. The summed E-state index contributed by atoms with van der Waals surface area (Å²) < 4.78 is 92.2. The number of alkyl halides is 7. The van der Waals surface area contributed by atoms with Crippen LogP contribution in [0.3, 0.4) is 0 Å². The molecule has 0 radical (unpaired) electrons. The van der Waals surface area contributed by atoms with Gasteiger partial charge in [0.05, 0.1) is 13.0 Å². The van der Waals surface area contributed by atoms with E-state index in [0.717, 1.165) is 0 Å². The van der Waals surface area contributed by atoms with Crippen LogP contribution in [0.15, 0.2) is 0 Å². The number of ether oxygens (including phenoxy) is 1. The molecule has 1 N–H and O–H groups in total. The topological polar surface area (TPSA) is 55.4 Å². The minimum Gasteiger partial charge on any atom is -0.469 e. The minimum absolute atomic E-state index is 0.321. The lowest BCUT2D eigenvalue weighted by Crippen LogP contribution is -2.59. The van der Waals surface area contributed by atoms with Crippen LogP contribution in [-0.2, 0) is 14.3 Å². The maximum Gasteiger partial charge on any atom is 0.460 e. The Kier molecular flexibility index (Phi) is 6.10. The van der Waals surface area contributed by atoms with Gasteiger partial charge in [-0.2, -0.15) is 30.7 Å². The van der Waals surface area contributed by atoms with Gasteiger partial charge >= 0.3 is 24.0 Å². The van der Waals surface area contributed by atoms with Crippen LogP contribution in [0.5, 0.6) is 0 Å². The van der Waals surface area contributed by atoms with E-state index in [0.29, 0.717) is 25.7 Å². The summed E-state index contributed by atoms with van der Waals surface area (Å²) in [5, 5.41) is 1.44. The zero-order valence-electron chi connectivity index (χ0n) is 12.6. The summed E-state index contributed by atoms with van der Waals surface area (Å²) in [5.74, 6) is -16.3. The van der Waals surface area contributed by atoms with Gasteiger partial charge in [0, 0.05) is 6.54 Å². The molecule has 0 aromatic rings. The number of esters is 1. The molecule has 1 amide bonds. The van der Waals surface area contributed by atoms with Crippen molar-refractivity contribution in [3.05, 3.63) is 0 Å². The summed E-state index contributed by atoms with van der Waals surface area (Å²) >= 11 is 0. The van der Waals surface area contributed by atoms with Gasteiger partial charge in [0.15, 0.2) is 0 Å². The van der Waals surface area contributed by atoms with Gasteiger partial charge in [0.25, 0.3) is 5.91 Å². The van der Waals surface area contributed by atoms with Crippen LogP contribution in [0.1, 0.15) is 25.7 Å². The molecule has 11 heteroatoms. The van der Waals surface area contributed by atoms with Crippen molar-refractivity contribution in [3.63, 3.8) is 0 Å². The second-order valence-corrected chi connectivity index (χ2v) is 5.60. The van der Waals surface area contributed by atoms with E-state index in [1.807, 2.05) is 0 Å². The Labute approximate surface area is 132 Å². The highest BCUT2D eigenvalue weighted by atomic mass is 19.4. The second kappa shape index (κ2) is 7.14. The fraction of sp³-hybridized carbons (Fsp3) is 0.846.